The molecular weight excluding hydrogens is 356 g/mol. The fraction of sp³-hybridized carbons (Fsp3) is 0.684. The lowest BCUT2D eigenvalue weighted by molar-refractivity contribution is 0.195. The molecule has 1 aliphatic carbocycles. The van der Waals surface area contributed by atoms with E-state index in [1.54, 1.807) is 7.11 Å². The van der Waals surface area contributed by atoms with Crippen molar-refractivity contribution >= 4 is 5.96 Å². The van der Waals surface area contributed by atoms with Crippen LogP contribution in [0.15, 0.2) is 17.3 Å². The van der Waals surface area contributed by atoms with E-state index in [0.717, 1.165) is 36.3 Å². The molecule has 0 spiro atoms. The maximum absolute atomic E-state index is 5.12. The van der Waals surface area contributed by atoms with Crippen LogP contribution in [0.3, 0.4) is 0 Å². The molecule has 0 radical (unpaired) electrons. The van der Waals surface area contributed by atoms with Gasteiger partial charge in [-0.25, -0.2) is 4.99 Å². The van der Waals surface area contributed by atoms with Gasteiger partial charge in [0.15, 0.2) is 11.8 Å². The topological polar surface area (TPSA) is 94.2 Å². The van der Waals surface area contributed by atoms with E-state index in [9.17, 15) is 0 Å². The lowest BCUT2D eigenvalue weighted by Crippen LogP contribution is -2.38. The monoisotopic (exact) mass is 388 g/mol. The minimum Gasteiger partial charge on any atom is -0.385 e. The number of hydrogen-bond donors (Lipinski definition) is 2. The number of rotatable bonds is 9. The Morgan fingerprint density at radius 2 is 2.11 bits per heavy atom. The molecule has 0 unspecified atom stereocenters. The molecule has 2 aromatic heterocycles. The van der Waals surface area contributed by atoms with Crippen molar-refractivity contribution in [2.45, 2.75) is 58.2 Å². The summed E-state index contributed by atoms with van der Waals surface area (Å²) in [5.74, 6) is 2.50. The minimum absolute atomic E-state index is 0.539. The number of aliphatic imine (C=N–C) groups is 1. The van der Waals surface area contributed by atoms with Gasteiger partial charge in [-0.15, -0.1) is 10.2 Å². The van der Waals surface area contributed by atoms with Crippen molar-refractivity contribution in [2.75, 3.05) is 20.3 Å². The molecule has 1 aliphatic rings. The molecule has 2 N–H and O–H groups in total. The van der Waals surface area contributed by atoms with Crippen molar-refractivity contribution in [3.63, 3.8) is 0 Å². The molecule has 9 heteroatoms. The zero-order chi connectivity index (χ0) is 19.8. The van der Waals surface area contributed by atoms with Crippen LogP contribution < -0.4 is 10.6 Å². The van der Waals surface area contributed by atoms with E-state index in [-0.39, 0.29) is 0 Å². The molecule has 1 fully saturated rings. The van der Waals surface area contributed by atoms with Gasteiger partial charge in [-0.05, 0) is 32.3 Å². The van der Waals surface area contributed by atoms with E-state index < -0.39 is 0 Å². The Balaban J connectivity index is 1.59. The lowest BCUT2D eigenvalue weighted by Gasteiger charge is -2.12. The van der Waals surface area contributed by atoms with Crippen molar-refractivity contribution < 1.29 is 4.74 Å². The van der Waals surface area contributed by atoms with Gasteiger partial charge in [-0.2, -0.15) is 5.10 Å². The molecular formula is C19H32N8O. The zero-order valence-electron chi connectivity index (χ0n) is 17.2. The van der Waals surface area contributed by atoms with Crippen LogP contribution in [-0.4, -0.2) is 50.8 Å². The molecule has 0 atom stereocenters. The maximum atomic E-state index is 5.12. The Bertz CT molecular complexity index is 760. The molecule has 0 bridgehead atoms. The maximum Gasteiger partial charge on any atom is 0.192 e. The average molecular weight is 389 g/mol. The van der Waals surface area contributed by atoms with E-state index in [4.69, 9.17) is 14.8 Å². The minimum atomic E-state index is 0.539. The highest BCUT2D eigenvalue weighted by atomic mass is 16.5. The number of guanidine groups is 1. The van der Waals surface area contributed by atoms with Gasteiger partial charge in [0.05, 0.1) is 24.8 Å². The van der Waals surface area contributed by atoms with Crippen LogP contribution in [0, 0.1) is 6.92 Å². The number of nitrogens with one attached hydrogen (secondary N) is 2. The van der Waals surface area contributed by atoms with Crippen molar-refractivity contribution in [1.82, 2.24) is 35.2 Å². The van der Waals surface area contributed by atoms with Gasteiger partial charge < -0.3 is 19.9 Å². The molecule has 0 aromatic carbocycles. The quantitative estimate of drug-likeness (QED) is 0.386. The third-order valence-corrected chi connectivity index (χ3v) is 5.18. The summed E-state index contributed by atoms with van der Waals surface area (Å²) in [6.45, 7) is 4.54. The Kier molecular flexibility index (Phi) is 7.41. The summed E-state index contributed by atoms with van der Waals surface area (Å²) < 4.78 is 9.20. The second kappa shape index (κ2) is 10.2. The molecule has 154 valence electrons. The van der Waals surface area contributed by atoms with Crippen LogP contribution in [0.25, 0.3) is 0 Å². The van der Waals surface area contributed by atoms with E-state index in [2.05, 4.69) is 37.8 Å². The lowest BCUT2D eigenvalue weighted by atomic mass is 10.3. The van der Waals surface area contributed by atoms with Crippen molar-refractivity contribution in [3.05, 3.63) is 29.6 Å². The number of hydrogen-bond acceptors (Lipinski definition) is 5. The second-order valence-electron chi connectivity index (χ2n) is 7.24. The van der Waals surface area contributed by atoms with Gasteiger partial charge in [0, 0.05) is 33.5 Å². The van der Waals surface area contributed by atoms with Crippen molar-refractivity contribution in [3.8, 4) is 0 Å². The van der Waals surface area contributed by atoms with Gasteiger partial charge in [0.25, 0.3) is 0 Å². The number of aromatic nitrogens is 5. The largest absolute Gasteiger partial charge is 0.385 e. The number of methoxy groups -OCH3 is 1. The van der Waals surface area contributed by atoms with E-state index >= 15 is 0 Å². The normalized spacial score (nSPS) is 15.3. The Hall–Kier alpha value is -2.42. The predicted octanol–water partition coefficient (Wildman–Crippen LogP) is 1.71. The number of aryl methyl sites for hydroxylation is 1. The highest BCUT2D eigenvalue weighted by molar-refractivity contribution is 5.79. The second-order valence-corrected chi connectivity index (χ2v) is 7.24. The highest BCUT2D eigenvalue weighted by Gasteiger charge is 2.17. The van der Waals surface area contributed by atoms with Crippen molar-refractivity contribution in [2.24, 2.45) is 12.0 Å². The summed E-state index contributed by atoms with van der Waals surface area (Å²) >= 11 is 0. The Labute approximate surface area is 166 Å². The summed E-state index contributed by atoms with van der Waals surface area (Å²) in [4.78, 5) is 4.70. The van der Waals surface area contributed by atoms with Gasteiger partial charge in [-0.3, -0.25) is 4.68 Å². The van der Waals surface area contributed by atoms with E-state index in [1.165, 1.54) is 25.7 Å². The number of ether oxygens (including phenoxy) is 1. The van der Waals surface area contributed by atoms with Crippen LogP contribution in [0.2, 0.25) is 0 Å². The third kappa shape index (κ3) is 5.54. The summed E-state index contributed by atoms with van der Waals surface area (Å²) in [7, 11) is 3.68. The highest BCUT2D eigenvalue weighted by Crippen LogP contribution is 2.28. The van der Waals surface area contributed by atoms with Gasteiger partial charge >= 0.3 is 0 Å². The third-order valence-electron chi connectivity index (χ3n) is 5.18. The van der Waals surface area contributed by atoms with Gasteiger partial charge in [0.2, 0.25) is 0 Å². The fourth-order valence-corrected chi connectivity index (χ4v) is 3.36. The first kappa shape index (κ1) is 20.3. The van der Waals surface area contributed by atoms with Crippen LogP contribution in [0.4, 0.5) is 0 Å². The standard InChI is InChI=1S/C19H32N8O/c1-15-23-24-18(26(15)2)14-22-19(20-10-6-12-28-3)21-13-16-9-11-27(25-16)17-7-4-5-8-17/h9,11,17H,4-8,10,12-14H2,1-3H3,(H2,20,21,22). The molecule has 2 heterocycles. The first-order valence-electron chi connectivity index (χ1n) is 10.1. The Morgan fingerprint density at radius 1 is 1.29 bits per heavy atom. The molecule has 28 heavy (non-hydrogen) atoms. The summed E-state index contributed by atoms with van der Waals surface area (Å²) in [5, 5.41) is 19.7. The predicted molar refractivity (Wildman–Crippen MR) is 108 cm³/mol. The first-order chi connectivity index (χ1) is 13.7. The summed E-state index contributed by atoms with van der Waals surface area (Å²) in [6, 6.07) is 2.62. The van der Waals surface area contributed by atoms with E-state index in [0.29, 0.717) is 25.7 Å². The molecule has 2 aromatic rings. The molecule has 3 rings (SSSR count). The summed E-state index contributed by atoms with van der Waals surface area (Å²) in [5.41, 5.74) is 0.986. The summed E-state index contributed by atoms with van der Waals surface area (Å²) in [6.07, 6.45) is 8.07. The zero-order valence-corrected chi connectivity index (χ0v) is 17.2. The average Bonchev–Trinajstić information content (AvgIpc) is 3.44. The molecule has 0 saturated heterocycles. The molecule has 9 nitrogen and oxygen atoms in total. The van der Waals surface area contributed by atoms with Gasteiger partial charge in [0.1, 0.15) is 5.82 Å². The van der Waals surface area contributed by atoms with Crippen LogP contribution in [-0.2, 0) is 24.9 Å². The molecule has 0 aliphatic heterocycles. The SMILES string of the molecule is COCCCNC(=NCc1ccn(C2CCCC2)n1)NCc1nnc(C)n1C. The molecule has 1 saturated carbocycles. The van der Waals surface area contributed by atoms with Gasteiger partial charge in [-0.1, -0.05) is 12.8 Å². The first-order valence-corrected chi connectivity index (χ1v) is 10.1. The smallest absolute Gasteiger partial charge is 0.192 e. The van der Waals surface area contributed by atoms with E-state index in [1.807, 2.05) is 18.5 Å². The fourth-order valence-electron chi connectivity index (χ4n) is 3.36. The van der Waals surface area contributed by atoms with Crippen LogP contribution in [0.1, 0.15) is 55.5 Å². The number of nitrogens with zero attached hydrogens (tertiary/aromatic N) is 6. The Morgan fingerprint density at radius 3 is 2.82 bits per heavy atom. The molecule has 0 amide bonds. The van der Waals surface area contributed by atoms with Crippen molar-refractivity contribution in [1.29, 1.82) is 0 Å². The van der Waals surface area contributed by atoms with Crippen LogP contribution >= 0.6 is 0 Å². The van der Waals surface area contributed by atoms with Crippen LogP contribution in [0.5, 0.6) is 0 Å².